The minimum absolute atomic E-state index is 0.178. The van der Waals surface area contributed by atoms with Gasteiger partial charge in [0.25, 0.3) is 0 Å². The van der Waals surface area contributed by atoms with Gasteiger partial charge in [0.1, 0.15) is 16.7 Å². The van der Waals surface area contributed by atoms with Gasteiger partial charge < -0.3 is 9.84 Å². The molecule has 26 heavy (non-hydrogen) atoms. The Morgan fingerprint density at radius 3 is 2.42 bits per heavy atom. The first-order chi connectivity index (χ1) is 12.4. The third kappa shape index (κ3) is 6.09. The van der Waals surface area contributed by atoms with Crippen LogP contribution in [0.25, 0.3) is 0 Å². The highest BCUT2D eigenvalue weighted by Gasteiger charge is 2.29. The van der Waals surface area contributed by atoms with Crippen LogP contribution in [0.1, 0.15) is 63.5 Å². The van der Waals surface area contributed by atoms with Gasteiger partial charge in [-0.2, -0.15) is 0 Å². The van der Waals surface area contributed by atoms with Crippen molar-refractivity contribution in [1.82, 2.24) is 4.31 Å². The Morgan fingerprint density at radius 1 is 1.27 bits per heavy atom. The van der Waals surface area contributed by atoms with E-state index in [4.69, 9.17) is 9.84 Å². The number of hydrogen-bond donors (Lipinski definition) is 1. The highest BCUT2D eigenvalue weighted by Crippen LogP contribution is 2.30. The van der Waals surface area contributed by atoms with E-state index in [-0.39, 0.29) is 12.5 Å². The standard InChI is InChI=1S/C18H27NO4S.C2H6/c1-13-11-16(23-3)12-14(2)18(13)24(22)19-10-5-4-7-15(19)8-6-9-17(20)21;1-2/h11-12,15H,4-10H2,1-3H3,(H,20,21);1-2H3. The minimum atomic E-state index is -1.22. The van der Waals surface area contributed by atoms with Crippen LogP contribution in [0.3, 0.4) is 0 Å². The molecule has 0 radical (unpaired) electrons. The molecule has 0 aromatic heterocycles. The smallest absolute Gasteiger partial charge is 0.303 e. The highest BCUT2D eigenvalue weighted by atomic mass is 32.2. The van der Waals surface area contributed by atoms with Crippen LogP contribution in [0, 0.1) is 13.8 Å². The van der Waals surface area contributed by atoms with Crippen molar-refractivity contribution < 1.29 is 18.8 Å². The van der Waals surface area contributed by atoms with Crippen LogP contribution >= 0.6 is 0 Å². The normalized spacial score (nSPS) is 18.6. The molecule has 2 atom stereocenters. The van der Waals surface area contributed by atoms with Gasteiger partial charge in [0.15, 0.2) is 0 Å². The fourth-order valence-corrected chi connectivity index (χ4v) is 5.07. The van der Waals surface area contributed by atoms with Gasteiger partial charge in [-0.1, -0.05) is 20.3 Å². The molecule has 1 saturated heterocycles. The van der Waals surface area contributed by atoms with Gasteiger partial charge in [-0.25, -0.2) is 8.51 Å². The first-order valence-electron chi connectivity index (χ1n) is 9.49. The fraction of sp³-hybridized carbons (Fsp3) is 0.650. The first-order valence-corrected chi connectivity index (χ1v) is 10.6. The Labute approximate surface area is 160 Å². The lowest BCUT2D eigenvalue weighted by Crippen LogP contribution is -2.41. The van der Waals surface area contributed by atoms with Gasteiger partial charge >= 0.3 is 5.97 Å². The average molecular weight is 384 g/mol. The molecule has 0 saturated carbocycles. The zero-order valence-electron chi connectivity index (χ0n) is 16.7. The summed E-state index contributed by atoms with van der Waals surface area (Å²) in [6.07, 6.45) is 4.74. The highest BCUT2D eigenvalue weighted by molar-refractivity contribution is 7.82. The molecule has 1 N–H and O–H groups in total. The molecule has 1 aromatic carbocycles. The van der Waals surface area contributed by atoms with E-state index in [0.29, 0.717) is 6.42 Å². The van der Waals surface area contributed by atoms with Crippen LogP contribution in [0.15, 0.2) is 17.0 Å². The van der Waals surface area contributed by atoms with Crippen molar-refractivity contribution in [3.8, 4) is 5.75 Å². The molecule has 2 rings (SSSR count). The molecule has 2 unspecified atom stereocenters. The van der Waals surface area contributed by atoms with E-state index in [2.05, 4.69) is 4.31 Å². The van der Waals surface area contributed by atoms with Crippen molar-refractivity contribution in [2.75, 3.05) is 13.7 Å². The molecule has 1 heterocycles. The van der Waals surface area contributed by atoms with E-state index in [1.54, 1.807) is 7.11 Å². The molecular formula is C20H33NO4S. The number of piperidine rings is 1. The summed E-state index contributed by atoms with van der Waals surface area (Å²) < 4.78 is 20.6. The number of nitrogens with zero attached hydrogens (tertiary/aromatic N) is 1. The number of carboxylic acids is 1. The molecule has 0 bridgehead atoms. The number of rotatable bonds is 7. The summed E-state index contributed by atoms with van der Waals surface area (Å²) in [6, 6.07) is 4.03. The number of aliphatic carboxylic acids is 1. The number of benzene rings is 1. The second kappa shape index (κ2) is 11.3. The van der Waals surface area contributed by atoms with Crippen LogP contribution in [0.5, 0.6) is 5.75 Å². The van der Waals surface area contributed by atoms with Gasteiger partial charge in [-0.3, -0.25) is 4.79 Å². The van der Waals surface area contributed by atoms with E-state index in [9.17, 15) is 9.00 Å². The molecule has 0 aliphatic carbocycles. The van der Waals surface area contributed by atoms with Crippen LogP contribution in [-0.4, -0.2) is 39.3 Å². The van der Waals surface area contributed by atoms with Gasteiger partial charge in [-0.15, -0.1) is 0 Å². The lowest BCUT2D eigenvalue weighted by atomic mass is 10.00. The van der Waals surface area contributed by atoms with E-state index in [1.807, 2.05) is 39.8 Å². The topological polar surface area (TPSA) is 66.8 Å². The predicted octanol–water partition coefficient (Wildman–Crippen LogP) is 4.47. The van der Waals surface area contributed by atoms with E-state index in [0.717, 1.165) is 54.0 Å². The molecule has 1 aromatic rings. The zero-order valence-corrected chi connectivity index (χ0v) is 17.5. The van der Waals surface area contributed by atoms with Crippen molar-refractivity contribution in [3.05, 3.63) is 23.3 Å². The molecule has 1 aliphatic heterocycles. The van der Waals surface area contributed by atoms with Crippen LogP contribution < -0.4 is 4.74 Å². The summed E-state index contributed by atoms with van der Waals surface area (Å²) in [5.41, 5.74) is 1.94. The number of carboxylic acid groups (broad SMARTS) is 1. The van der Waals surface area contributed by atoms with E-state index >= 15 is 0 Å². The second-order valence-corrected chi connectivity index (χ2v) is 7.79. The Kier molecular flexibility index (Phi) is 9.88. The maximum Gasteiger partial charge on any atom is 0.303 e. The largest absolute Gasteiger partial charge is 0.497 e. The van der Waals surface area contributed by atoms with E-state index < -0.39 is 17.0 Å². The van der Waals surface area contributed by atoms with Crippen molar-refractivity contribution >= 4 is 17.0 Å². The quantitative estimate of drug-likeness (QED) is 0.754. The summed E-state index contributed by atoms with van der Waals surface area (Å²) in [6.45, 7) is 8.73. The van der Waals surface area contributed by atoms with E-state index in [1.165, 1.54) is 0 Å². The van der Waals surface area contributed by atoms with Gasteiger partial charge in [-0.05, 0) is 62.8 Å². The summed E-state index contributed by atoms with van der Waals surface area (Å²) in [4.78, 5) is 11.6. The molecule has 6 heteroatoms. The lowest BCUT2D eigenvalue weighted by Gasteiger charge is -2.35. The summed E-state index contributed by atoms with van der Waals surface area (Å²) in [5, 5.41) is 8.83. The molecule has 5 nitrogen and oxygen atoms in total. The van der Waals surface area contributed by atoms with Crippen molar-refractivity contribution in [2.24, 2.45) is 0 Å². The number of hydrogen-bond acceptors (Lipinski definition) is 3. The van der Waals surface area contributed by atoms with Gasteiger partial charge in [0.05, 0.1) is 12.0 Å². The Balaban J connectivity index is 0.00000163. The molecule has 0 amide bonds. The second-order valence-electron chi connectivity index (χ2n) is 6.42. The summed E-state index contributed by atoms with van der Waals surface area (Å²) in [5.74, 6) is 0.0164. The van der Waals surface area contributed by atoms with Crippen molar-refractivity contribution in [2.45, 2.75) is 77.2 Å². The number of aryl methyl sites for hydroxylation is 2. The van der Waals surface area contributed by atoms with Crippen LogP contribution in [0.4, 0.5) is 0 Å². The minimum Gasteiger partial charge on any atom is -0.497 e. The third-order valence-corrected chi connectivity index (χ3v) is 6.46. The van der Waals surface area contributed by atoms with Crippen LogP contribution in [-0.2, 0) is 15.8 Å². The third-order valence-electron chi connectivity index (χ3n) is 4.56. The zero-order chi connectivity index (χ0) is 19.7. The predicted molar refractivity (Wildman–Crippen MR) is 106 cm³/mol. The molecule has 0 spiro atoms. The number of ether oxygens (including phenoxy) is 1. The SMILES string of the molecule is CC.COc1cc(C)c(S(=O)N2CCCCC2CCCC(=O)O)c(C)c1. The lowest BCUT2D eigenvalue weighted by molar-refractivity contribution is -0.137. The van der Waals surface area contributed by atoms with Crippen molar-refractivity contribution in [1.29, 1.82) is 0 Å². The van der Waals surface area contributed by atoms with Crippen LogP contribution in [0.2, 0.25) is 0 Å². The summed E-state index contributed by atoms with van der Waals surface area (Å²) >= 11 is 0. The molecule has 1 fully saturated rings. The maximum absolute atomic E-state index is 13.2. The monoisotopic (exact) mass is 383 g/mol. The van der Waals surface area contributed by atoms with Gasteiger partial charge in [0, 0.05) is 19.0 Å². The Bertz CT molecular complexity index is 595. The fourth-order valence-electron chi connectivity index (χ4n) is 3.39. The Hall–Kier alpha value is -1.40. The Morgan fingerprint density at radius 2 is 1.88 bits per heavy atom. The molecule has 148 valence electrons. The van der Waals surface area contributed by atoms with Crippen molar-refractivity contribution in [3.63, 3.8) is 0 Å². The molecular weight excluding hydrogens is 350 g/mol. The molecule has 1 aliphatic rings. The summed E-state index contributed by atoms with van der Waals surface area (Å²) in [7, 11) is 0.416. The first kappa shape index (κ1) is 22.6. The van der Waals surface area contributed by atoms with Gasteiger partial charge in [0.2, 0.25) is 0 Å². The maximum atomic E-state index is 13.2. The average Bonchev–Trinajstić information content (AvgIpc) is 2.62. The number of methoxy groups -OCH3 is 1. The number of carbonyl (C=O) groups is 1.